The topological polar surface area (TPSA) is 26.3 Å². The van der Waals surface area contributed by atoms with Crippen molar-refractivity contribution in [3.8, 4) is 17.6 Å². The van der Waals surface area contributed by atoms with Crippen LogP contribution in [0.1, 0.15) is 63.0 Å². The molecule has 0 aliphatic rings. The van der Waals surface area contributed by atoms with Crippen LogP contribution in [0.4, 0.5) is 0 Å². The van der Waals surface area contributed by atoms with Crippen LogP contribution >= 0.6 is 0 Å². The van der Waals surface area contributed by atoms with Gasteiger partial charge in [0, 0.05) is 11.5 Å². The van der Waals surface area contributed by atoms with Gasteiger partial charge in [-0.15, -0.1) is 0 Å². The lowest BCUT2D eigenvalue weighted by molar-refractivity contribution is -0.128. The van der Waals surface area contributed by atoms with Gasteiger partial charge in [0.15, 0.2) is 0 Å². The second-order valence-electron chi connectivity index (χ2n) is 6.52. The summed E-state index contributed by atoms with van der Waals surface area (Å²) < 4.78 is 5.26. The van der Waals surface area contributed by atoms with Crippen molar-refractivity contribution in [1.29, 1.82) is 0 Å². The number of rotatable bonds is 9. The Balaban J connectivity index is 1.70. The molecular weight excluding hydrogens is 320 g/mol. The molecule has 0 bridgehead atoms. The summed E-state index contributed by atoms with van der Waals surface area (Å²) in [7, 11) is 0. The van der Waals surface area contributed by atoms with E-state index in [2.05, 4.69) is 18.8 Å². The fourth-order valence-electron chi connectivity index (χ4n) is 2.79. The molecule has 2 nitrogen and oxygen atoms in total. The third kappa shape index (κ3) is 8.03. The zero-order valence-corrected chi connectivity index (χ0v) is 15.7. The highest BCUT2D eigenvalue weighted by Gasteiger charge is 2.01. The Morgan fingerprint density at radius 3 is 2.19 bits per heavy atom. The molecule has 2 heteroatoms. The van der Waals surface area contributed by atoms with E-state index in [0.717, 1.165) is 12.0 Å². The third-order valence-electron chi connectivity index (χ3n) is 4.29. The summed E-state index contributed by atoms with van der Waals surface area (Å²) >= 11 is 0. The van der Waals surface area contributed by atoms with Gasteiger partial charge in [-0.2, -0.15) is 0 Å². The van der Waals surface area contributed by atoms with Crippen molar-refractivity contribution in [3.63, 3.8) is 0 Å². The number of aryl methyl sites for hydroxylation is 1. The maximum atomic E-state index is 11.8. The van der Waals surface area contributed by atoms with Crippen LogP contribution in [0.2, 0.25) is 0 Å². The van der Waals surface area contributed by atoms with Gasteiger partial charge in [0.25, 0.3) is 0 Å². The Morgan fingerprint density at radius 1 is 0.846 bits per heavy atom. The first-order chi connectivity index (χ1) is 12.8. The fraction of sp³-hybridized carbons (Fsp3) is 0.375. The van der Waals surface area contributed by atoms with Gasteiger partial charge in [-0.05, 0) is 42.7 Å². The highest BCUT2D eigenvalue weighted by molar-refractivity contribution is 5.90. The Hall–Kier alpha value is -2.53. The first-order valence-electron chi connectivity index (χ1n) is 9.66. The van der Waals surface area contributed by atoms with Crippen molar-refractivity contribution in [3.05, 3.63) is 65.7 Å². The molecule has 0 N–H and O–H groups in total. The van der Waals surface area contributed by atoms with Gasteiger partial charge in [0.2, 0.25) is 0 Å². The van der Waals surface area contributed by atoms with Gasteiger partial charge in [-0.3, -0.25) is 0 Å². The lowest BCUT2D eigenvalue weighted by atomic mass is 10.0. The minimum Gasteiger partial charge on any atom is -0.417 e. The molecule has 0 amide bonds. The van der Waals surface area contributed by atoms with Crippen molar-refractivity contribution >= 4 is 5.97 Å². The van der Waals surface area contributed by atoms with Crippen LogP contribution in [0.5, 0.6) is 5.75 Å². The smallest absolute Gasteiger partial charge is 0.390 e. The molecule has 26 heavy (non-hydrogen) atoms. The molecular formula is C24H28O2. The average molecular weight is 348 g/mol. The summed E-state index contributed by atoms with van der Waals surface area (Å²) in [4.78, 5) is 11.8. The highest BCUT2D eigenvalue weighted by atomic mass is 16.5. The van der Waals surface area contributed by atoms with Crippen molar-refractivity contribution in [1.82, 2.24) is 0 Å². The molecule has 0 aliphatic heterocycles. The molecule has 0 heterocycles. The van der Waals surface area contributed by atoms with Crippen LogP contribution < -0.4 is 4.74 Å². The predicted octanol–water partition coefficient (Wildman–Crippen LogP) is 5.94. The molecule has 0 atom stereocenters. The second-order valence-corrected chi connectivity index (χ2v) is 6.52. The number of hydrogen-bond donors (Lipinski definition) is 0. The summed E-state index contributed by atoms with van der Waals surface area (Å²) in [6, 6.07) is 17.2. The highest BCUT2D eigenvalue weighted by Crippen LogP contribution is 2.15. The molecule has 0 aromatic heterocycles. The molecule has 0 radical (unpaired) electrons. The van der Waals surface area contributed by atoms with E-state index < -0.39 is 5.97 Å². The number of esters is 1. The van der Waals surface area contributed by atoms with Crippen molar-refractivity contribution < 1.29 is 9.53 Å². The van der Waals surface area contributed by atoms with Crippen LogP contribution in [0.3, 0.4) is 0 Å². The van der Waals surface area contributed by atoms with E-state index in [-0.39, 0.29) is 0 Å². The zero-order chi connectivity index (χ0) is 18.5. The second kappa shape index (κ2) is 11.9. The van der Waals surface area contributed by atoms with Gasteiger partial charge in [0.05, 0.1) is 0 Å². The Kier molecular flexibility index (Phi) is 9.08. The van der Waals surface area contributed by atoms with E-state index in [1.54, 1.807) is 0 Å². The maximum absolute atomic E-state index is 11.8. The number of carbonyl (C=O) groups excluding carboxylic acids is 1. The van der Waals surface area contributed by atoms with E-state index in [0.29, 0.717) is 5.75 Å². The molecule has 0 unspecified atom stereocenters. The molecule has 0 fully saturated rings. The predicted molar refractivity (Wildman–Crippen MR) is 107 cm³/mol. The molecule has 2 rings (SSSR count). The summed E-state index contributed by atoms with van der Waals surface area (Å²) in [5.74, 6) is 5.33. The van der Waals surface area contributed by atoms with Gasteiger partial charge >= 0.3 is 5.97 Å². The zero-order valence-electron chi connectivity index (χ0n) is 15.7. The van der Waals surface area contributed by atoms with Crippen LogP contribution in [-0.4, -0.2) is 5.97 Å². The van der Waals surface area contributed by atoms with E-state index in [9.17, 15) is 4.79 Å². The lowest BCUT2D eigenvalue weighted by Crippen LogP contribution is -2.04. The van der Waals surface area contributed by atoms with E-state index >= 15 is 0 Å². The van der Waals surface area contributed by atoms with Crippen LogP contribution in [-0.2, 0) is 11.2 Å². The number of hydrogen-bond acceptors (Lipinski definition) is 2. The van der Waals surface area contributed by atoms with Crippen molar-refractivity contribution in [2.24, 2.45) is 0 Å². The van der Waals surface area contributed by atoms with E-state index in [1.165, 1.54) is 50.5 Å². The molecule has 2 aromatic rings. The largest absolute Gasteiger partial charge is 0.417 e. The molecule has 0 aliphatic carbocycles. The first-order valence-corrected chi connectivity index (χ1v) is 9.66. The quantitative estimate of drug-likeness (QED) is 0.243. The third-order valence-corrected chi connectivity index (χ3v) is 4.29. The summed E-state index contributed by atoms with van der Waals surface area (Å²) in [6.07, 6.45) is 10.3. The Bertz CT molecular complexity index is 705. The molecule has 0 saturated heterocycles. The number of ether oxygens (including phenoxy) is 1. The number of unbranched alkanes of at least 4 members (excludes halogenated alkanes) is 6. The summed E-state index contributed by atoms with van der Waals surface area (Å²) in [5.41, 5.74) is 2.09. The lowest BCUT2D eigenvalue weighted by Gasteiger charge is -2.04. The van der Waals surface area contributed by atoms with Gasteiger partial charge in [-0.25, -0.2) is 4.79 Å². The van der Waals surface area contributed by atoms with E-state index in [4.69, 9.17) is 4.74 Å². The monoisotopic (exact) mass is 348 g/mol. The van der Waals surface area contributed by atoms with Gasteiger partial charge in [0.1, 0.15) is 5.75 Å². The average Bonchev–Trinajstić information content (AvgIpc) is 2.68. The molecule has 2 aromatic carbocycles. The Labute approximate surface area is 157 Å². The minimum absolute atomic E-state index is 0.534. The Morgan fingerprint density at radius 2 is 1.50 bits per heavy atom. The maximum Gasteiger partial charge on any atom is 0.390 e. The van der Waals surface area contributed by atoms with Crippen molar-refractivity contribution in [2.45, 2.75) is 58.3 Å². The molecule has 0 saturated carbocycles. The van der Waals surface area contributed by atoms with E-state index in [1.807, 2.05) is 54.6 Å². The summed E-state index contributed by atoms with van der Waals surface area (Å²) in [6.45, 7) is 2.25. The van der Waals surface area contributed by atoms with Crippen LogP contribution in [0.15, 0.2) is 54.6 Å². The first kappa shape index (κ1) is 19.8. The number of benzene rings is 2. The molecule has 136 valence electrons. The molecule has 0 spiro atoms. The van der Waals surface area contributed by atoms with Gasteiger partial charge < -0.3 is 4.74 Å². The van der Waals surface area contributed by atoms with Crippen molar-refractivity contribution in [2.75, 3.05) is 0 Å². The van der Waals surface area contributed by atoms with Gasteiger partial charge in [-0.1, -0.05) is 81.7 Å². The standard InChI is InChI=1S/C24H28O2/c1-2-3-4-5-6-7-9-14-22-15-18-23(19-16-22)26-24(25)20-17-21-12-10-8-11-13-21/h8,10-13,15-16,18-19H,2-7,9,14H2,1H3. The van der Waals surface area contributed by atoms with Crippen LogP contribution in [0, 0.1) is 11.8 Å². The summed E-state index contributed by atoms with van der Waals surface area (Å²) in [5, 5.41) is 0. The number of carbonyl (C=O) groups is 1. The normalized spacial score (nSPS) is 10.0. The SMILES string of the molecule is CCCCCCCCCc1ccc(OC(=O)C#Cc2ccccc2)cc1. The fourth-order valence-corrected chi connectivity index (χ4v) is 2.79. The van der Waals surface area contributed by atoms with Crippen LogP contribution in [0.25, 0.3) is 0 Å². The minimum atomic E-state index is -0.534.